The van der Waals surface area contributed by atoms with Crippen LogP contribution in [0.5, 0.6) is 0 Å². The maximum atomic E-state index is 6.12. The maximum absolute atomic E-state index is 6.12. The van der Waals surface area contributed by atoms with E-state index in [1.165, 1.54) is 0 Å². The van der Waals surface area contributed by atoms with Gasteiger partial charge in [-0.2, -0.15) is 0 Å². The van der Waals surface area contributed by atoms with Crippen LogP contribution in [0.3, 0.4) is 0 Å². The number of aryl methyl sites for hydroxylation is 3. The normalized spacial score (nSPS) is 10.6. The van der Waals surface area contributed by atoms with E-state index in [0.29, 0.717) is 16.0 Å². The molecule has 1 N–H and O–H groups in total. The number of anilines is 2. The molecule has 0 amide bonds. The molecule has 0 aliphatic rings. The van der Waals surface area contributed by atoms with Gasteiger partial charge in [0.15, 0.2) is 11.0 Å². The molecule has 0 fully saturated rings. The molecule has 0 aliphatic carbocycles. The lowest BCUT2D eigenvalue weighted by molar-refractivity contribution is 1.05. The van der Waals surface area contributed by atoms with Crippen LogP contribution in [0.2, 0.25) is 10.2 Å². The van der Waals surface area contributed by atoms with Crippen molar-refractivity contribution in [2.45, 2.75) is 20.8 Å². The fraction of sp³-hybridized carbons (Fsp3) is 0.231. The highest BCUT2D eigenvalue weighted by Gasteiger charge is 2.10. The van der Waals surface area contributed by atoms with E-state index in [2.05, 4.69) is 31.2 Å². The lowest BCUT2D eigenvalue weighted by Gasteiger charge is -2.12. The summed E-state index contributed by atoms with van der Waals surface area (Å²) in [6.07, 6.45) is 0. The monoisotopic (exact) mass is 359 g/mol. The summed E-state index contributed by atoms with van der Waals surface area (Å²) in [6, 6.07) is 3.77. The van der Waals surface area contributed by atoms with Crippen LogP contribution in [0.1, 0.15) is 17.0 Å². The average Bonchev–Trinajstić information content (AvgIpc) is 2.32. The minimum absolute atomic E-state index is 0.340. The molecule has 1 aromatic heterocycles. The van der Waals surface area contributed by atoms with Crippen LogP contribution in [0.25, 0.3) is 0 Å². The highest BCUT2D eigenvalue weighted by Crippen LogP contribution is 2.32. The standard InChI is InChI=1S/C13H12BrCl2N3/c1-6-4-9(14)11(5-10(6)15)19-13-12(16)17-7(2)8(3)18-13/h4-5H,1-3H3,(H,18,19). The molecule has 0 unspecified atom stereocenters. The molecule has 1 heterocycles. The van der Waals surface area contributed by atoms with Crippen molar-refractivity contribution in [1.29, 1.82) is 0 Å². The first-order valence-electron chi connectivity index (χ1n) is 5.62. The Balaban J connectivity index is 2.42. The van der Waals surface area contributed by atoms with Gasteiger partial charge in [0.2, 0.25) is 0 Å². The Morgan fingerprint density at radius 3 is 2.37 bits per heavy atom. The summed E-state index contributed by atoms with van der Waals surface area (Å²) in [5, 5.41) is 4.16. The number of hydrogen-bond acceptors (Lipinski definition) is 3. The molecule has 1 aromatic carbocycles. The zero-order valence-electron chi connectivity index (χ0n) is 10.7. The van der Waals surface area contributed by atoms with E-state index in [-0.39, 0.29) is 0 Å². The fourth-order valence-corrected chi connectivity index (χ4v) is 2.46. The highest BCUT2D eigenvalue weighted by atomic mass is 79.9. The van der Waals surface area contributed by atoms with Gasteiger partial charge in [-0.05, 0) is 54.4 Å². The Morgan fingerprint density at radius 2 is 1.68 bits per heavy atom. The van der Waals surface area contributed by atoms with Gasteiger partial charge in [-0.25, -0.2) is 9.97 Å². The van der Waals surface area contributed by atoms with Gasteiger partial charge in [0.25, 0.3) is 0 Å². The summed E-state index contributed by atoms with van der Waals surface area (Å²) >= 11 is 15.7. The number of hydrogen-bond donors (Lipinski definition) is 1. The number of nitrogens with one attached hydrogen (secondary N) is 1. The SMILES string of the molecule is Cc1cc(Br)c(Nc2nc(C)c(C)nc2Cl)cc1Cl. The summed E-state index contributed by atoms with van der Waals surface area (Å²) in [6.45, 7) is 5.71. The second-order valence-corrected chi connectivity index (χ2v) is 5.86. The maximum Gasteiger partial charge on any atom is 0.172 e. The van der Waals surface area contributed by atoms with Crippen LogP contribution in [0.4, 0.5) is 11.5 Å². The summed E-state index contributed by atoms with van der Waals surface area (Å²) < 4.78 is 0.894. The fourth-order valence-electron chi connectivity index (χ4n) is 1.52. The molecule has 0 radical (unpaired) electrons. The van der Waals surface area contributed by atoms with E-state index < -0.39 is 0 Å². The van der Waals surface area contributed by atoms with Crippen LogP contribution in [0, 0.1) is 20.8 Å². The predicted molar refractivity (Wildman–Crippen MR) is 83.7 cm³/mol. The summed E-state index contributed by atoms with van der Waals surface area (Å²) in [5.74, 6) is 0.519. The third kappa shape index (κ3) is 3.19. The van der Waals surface area contributed by atoms with Gasteiger partial charge in [-0.15, -0.1) is 0 Å². The first-order valence-corrected chi connectivity index (χ1v) is 7.17. The van der Waals surface area contributed by atoms with Crippen LogP contribution in [-0.2, 0) is 0 Å². The van der Waals surface area contributed by atoms with Gasteiger partial charge in [0, 0.05) is 9.50 Å². The molecule has 2 rings (SSSR count). The number of rotatable bonds is 2. The number of benzene rings is 1. The van der Waals surface area contributed by atoms with Gasteiger partial charge in [0.05, 0.1) is 17.1 Å². The van der Waals surface area contributed by atoms with Crippen molar-refractivity contribution in [2.75, 3.05) is 5.32 Å². The van der Waals surface area contributed by atoms with Gasteiger partial charge in [-0.3, -0.25) is 0 Å². The summed E-state index contributed by atoms with van der Waals surface area (Å²) in [4.78, 5) is 8.62. The molecular weight excluding hydrogens is 349 g/mol. The van der Waals surface area contributed by atoms with E-state index in [1.54, 1.807) is 0 Å². The van der Waals surface area contributed by atoms with Crippen LogP contribution in [0.15, 0.2) is 16.6 Å². The topological polar surface area (TPSA) is 37.8 Å². The molecule has 100 valence electrons. The molecule has 0 saturated heterocycles. The van der Waals surface area contributed by atoms with Crippen molar-refractivity contribution in [2.24, 2.45) is 0 Å². The van der Waals surface area contributed by atoms with Crippen molar-refractivity contribution in [3.63, 3.8) is 0 Å². The van der Waals surface area contributed by atoms with Crippen molar-refractivity contribution in [3.8, 4) is 0 Å². The molecule has 2 aromatic rings. The lowest BCUT2D eigenvalue weighted by atomic mass is 10.2. The predicted octanol–water partition coefficient (Wildman–Crippen LogP) is 5.21. The molecule has 0 saturated carbocycles. The van der Waals surface area contributed by atoms with Crippen LogP contribution < -0.4 is 5.32 Å². The first kappa shape index (κ1) is 14.6. The number of halogens is 3. The highest BCUT2D eigenvalue weighted by molar-refractivity contribution is 9.10. The van der Waals surface area contributed by atoms with Crippen molar-refractivity contribution in [1.82, 2.24) is 9.97 Å². The lowest BCUT2D eigenvalue weighted by Crippen LogP contribution is -2.01. The number of aromatic nitrogens is 2. The van der Waals surface area contributed by atoms with E-state index >= 15 is 0 Å². The van der Waals surface area contributed by atoms with Gasteiger partial charge < -0.3 is 5.32 Å². The molecule has 0 spiro atoms. The van der Waals surface area contributed by atoms with Gasteiger partial charge in [-0.1, -0.05) is 23.2 Å². The Morgan fingerprint density at radius 1 is 1.05 bits per heavy atom. The minimum Gasteiger partial charge on any atom is -0.337 e. The largest absolute Gasteiger partial charge is 0.337 e. The molecule has 0 atom stereocenters. The molecular formula is C13H12BrCl2N3. The van der Waals surface area contributed by atoms with E-state index in [4.69, 9.17) is 23.2 Å². The molecule has 0 bridgehead atoms. The molecule has 3 nitrogen and oxygen atoms in total. The smallest absolute Gasteiger partial charge is 0.172 e. The van der Waals surface area contributed by atoms with Gasteiger partial charge in [0.1, 0.15) is 0 Å². The van der Waals surface area contributed by atoms with Crippen molar-refractivity contribution < 1.29 is 0 Å². The zero-order valence-corrected chi connectivity index (χ0v) is 13.8. The van der Waals surface area contributed by atoms with E-state index in [1.807, 2.05) is 32.9 Å². The Labute approximate surface area is 130 Å². The molecule has 19 heavy (non-hydrogen) atoms. The quantitative estimate of drug-likeness (QED) is 0.798. The molecule has 6 heteroatoms. The molecule has 0 aliphatic heterocycles. The Bertz CT molecular complexity index is 589. The van der Waals surface area contributed by atoms with Gasteiger partial charge >= 0.3 is 0 Å². The van der Waals surface area contributed by atoms with Crippen molar-refractivity contribution in [3.05, 3.63) is 43.7 Å². The second-order valence-electron chi connectivity index (χ2n) is 4.24. The summed E-state index contributed by atoms with van der Waals surface area (Å²) in [5.41, 5.74) is 3.45. The summed E-state index contributed by atoms with van der Waals surface area (Å²) in [7, 11) is 0. The average molecular weight is 361 g/mol. The number of nitrogens with zero attached hydrogens (tertiary/aromatic N) is 2. The van der Waals surface area contributed by atoms with E-state index in [0.717, 1.165) is 27.1 Å². The first-order chi connectivity index (χ1) is 8.88. The van der Waals surface area contributed by atoms with Crippen LogP contribution >= 0.6 is 39.1 Å². The van der Waals surface area contributed by atoms with Crippen molar-refractivity contribution >= 4 is 50.6 Å². The Hall–Kier alpha value is -0.840. The zero-order chi connectivity index (χ0) is 14.2. The third-order valence-corrected chi connectivity index (χ3v) is 4.09. The second kappa shape index (κ2) is 5.65. The minimum atomic E-state index is 0.340. The van der Waals surface area contributed by atoms with Crippen LogP contribution in [-0.4, -0.2) is 9.97 Å². The Kier molecular flexibility index (Phi) is 4.33. The van der Waals surface area contributed by atoms with E-state index in [9.17, 15) is 0 Å². The third-order valence-electron chi connectivity index (χ3n) is 2.77.